The highest BCUT2D eigenvalue weighted by Gasteiger charge is 2.02. The number of hydrogen-bond donors (Lipinski definition) is 1. The Morgan fingerprint density at radius 1 is 1.18 bits per heavy atom. The molecule has 0 fully saturated rings. The minimum absolute atomic E-state index is 0.604. The summed E-state index contributed by atoms with van der Waals surface area (Å²) in [5.41, 5.74) is 0. The van der Waals surface area contributed by atoms with Gasteiger partial charge in [-0.3, -0.25) is 4.90 Å². The maximum Gasteiger partial charge on any atom is 0.328 e. The normalized spacial score (nSPS) is 11.5. The molecule has 0 aromatic heterocycles. The van der Waals surface area contributed by atoms with Crippen molar-refractivity contribution < 1.29 is 19.4 Å². The third kappa shape index (κ3) is 11.4. The molecule has 0 aliphatic rings. The smallest absolute Gasteiger partial charge is 0.328 e. The lowest BCUT2D eigenvalue weighted by Gasteiger charge is -2.20. The number of carboxylic acid groups (broad SMARTS) is 1. The summed E-state index contributed by atoms with van der Waals surface area (Å²) < 4.78 is 10.5. The molecule has 0 aliphatic heterocycles. The van der Waals surface area contributed by atoms with Gasteiger partial charge in [0.1, 0.15) is 0 Å². The third-order valence-electron chi connectivity index (χ3n) is 2.14. The Morgan fingerprint density at radius 2 is 1.71 bits per heavy atom. The van der Waals surface area contributed by atoms with Crippen LogP contribution >= 0.6 is 0 Å². The van der Waals surface area contributed by atoms with E-state index in [2.05, 4.69) is 4.90 Å². The summed E-state index contributed by atoms with van der Waals surface area (Å²) in [5.74, 6) is -0.917. The van der Waals surface area contributed by atoms with E-state index < -0.39 is 5.97 Å². The van der Waals surface area contributed by atoms with Gasteiger partial charge in [0.2, 0.25) is 0 Å². The largest absolute Gasteiger partial charge is 0.478 e. The molecule has 0 amide bonds. The van der Waals surface area contributed by atoms with E-state index in [0.29, 0.717) is 33.0 Å². The first-order chi connectivity index (χ1) is 8.20. The van der Waals surface area contributed by atoms with Gasteiger partial charge in [-0.1, -0.05) is 6.08 Å². The van der Waals surface area contributed by atoms with Gasteiger partial charge >= 0.3 is 5.97 Å². The zero-order valence-corrected chi connectivity index (χ0v) is 10.7. The lowest BCUT2D eigenvalue weighted by Crippen LogP contribution is -2.31. The number of nitrogens with zero attached hydrogens (tertiary/aromatic N) is 1. The Balaban J connectivity index is 3.87. The fraction of sp³-hybridized carbons (Fsp3) is 0.750. The average molecular weight is 245 g/mol. The predicted molar refractivity (Wildman–Crippen MR) is 66.2 cm³/mol. The fourth-order valence-electron chi connectivity index (χ4n) is 1.27. The minimum Gasteiger partial charge on any atom is -0.478 e. The quantitative estimate of drug-likeness (QED) is 0.435. The minimum atomic E-state index is -0.917. The van der Waals surface area contributed by atoms with E-state index in [4.69, 9.17) is 14.6 Å². The van der Waals surface area contributed by atoms with Gasteiger partial charge in [-0.05, 0) is 13.8 Å². The Kier molecular flexibility index (Phi) is 11.0. The van der Waals surface area contributed by atoms with E-state index in [1.165, 1.54) is 0 Å². The molecule has 5 nitrogen and oxygen atoms in total. The van der Waals surface area contributed by atoms with Gasteiger partial charge in [-0.15, -0.1) is 0 Å². The van der Waals surface area contributed by atoms with Crippen LogP contribution in [0.3, 0.4) is 0 Å². The number of aliphatic carboxylic acids is 1. The van der Waals surface area contributed by atoms with Crippen LogP contribution < -0.4 is 0 Å². The van der Waals surface area contributed by atoms with Gasteiger partial charge < -0.3 is 14.6 Å². The Labute approximate surface area is 103 Å². The molecule has 0 aliphatic carbocycles. The molecule has 100 valence electrons. The molecule has 0 radical (unpaired) electrons. The molecule has 0 aromatic carbocycles. The highest BCUT2D eigenvalue weighted by molar-refractivity contribution is 5.79. The van der Waals surface area contributed by atoms with Crippen LogP contribution in [-0.2, 0) is 14.3 Å². The van der Waals surface area contributed by atoms with Gasteiger partial charge in [-0.25, -0.2) is 4.79 Å². The van der Waals surface area contributed by atoms with Crippen molar-refractivity contribution in [2.75, 3.05) is 46.1 Å². The van der Waals surface area contributed by atoms with E-state index in [1.807, 2.05) is 13.8 Å². The van der Waals surface area contributed by atoms with Crippen LogP contribution in [0.15, 0.2) is 12.2 Å². The van der Waals surface area contributed by atoms with Crippen molar-refractivity contribution in [3.63, 3.8) is 0 Å². The number of ether oxygens (including phenoxy) is 2. The Bertz CT molecular complexity index is 209. The number of hydrogen-bond acceptors (Lipinski definition) is 4. The van der Waals surface area contributed by atoms with Gasteiger partial charge in [0.05, 0.1) is 13.2 Å². The van der Waals surface area contributed by atoms with Gasteiger partial charge in [0.25, 0.3) is 0 Å². The van der Waals surface area contributed by atoms with Crippen molar-refractivity contribution in [1.82, 2.24) is 4.90 Å². The Hall–Kier alpha value is -0.910. The molecule has 0 bridgehead atoms. The summed E-state index contributed by atoms with van der Waals surface area (Å²) in [6, 6.07) is 0. The van der Waals surface area contributed by atoms with Crippen molar-refractivity contribution in [1.29, 1.82) is 0 Å². The molecule has 0 spiro atoms. The van der Waals surface area contributed by atoms with Crippen LogP contribution in [0, 0.1) is 0 Å². The predicted octanol–water partition coefficient (Wildman–Crippen LogP) is 1.00. The molecular weight excluding hydrogens is 222 g/mol. The van der Waals surface area contributed by atoms with Crippen molar-refractivity contribution in [3.05, 3.63) is 12.2 Å². The zero-order chi connectivity index (χ0) is 12.9. The van der Waals surface area contributed by atoms with Crippen molar-refractivity contribution >= 4 is 5.97 Å². The lowest BCUT2D eigenvalue weighted by atomic mass is 10.4. The molecule has 0 rings (SSSR count). The molecule has 1 N–H and O–H groups in total. The molecule has 0 saturated heterocycles. The second-order valence-electron chi connectivity index (χ2n) is 3.44. The van der Waals surface area contributed by atoms with Gasteiger partial charge in [-0.2, -0.15) is 0 Å². The van der Waals surface area contributed by atoms with Crippen molar-refractivity contribution in [3.8, 4) is 0 Å². The van der Waals surface area contributed by atoms with E-state index in [9.17, 15) is 4.79 Å². The molecule has 0 aromatic rings. The van der Waals surface area contributed by atoms with E-state index >= 15 is 0 Å². The van der Waals surface area contributed by atoms with E-state index in [1.54, 1.807) is 6.08 Å². The SMILES string of the molecule is CCOCCN(C/C=C/C(=O)O)CCOCC. The second kappa shape index (κ2) is 11.6. The summed E-state index contributed by atoms with van der Waals surface area (Å²) in [6.45, 7) is 8.79. The van der Waals surface area contributed by atoms with Crippen LogP contribution in [0.2, 0.25) is 0 Å². The van der Waals surface area contributed by atoms with Crippen LogP contribution in [0.4, 0.5) is 0 Å². The van der Waals surface area contributed by atoms with Gasteiger partial charge in [0, 0.05) is 38.9 Å². The molecule has 0 saturated carbocycles. The van der Waals surface area contributed by atoms with E-state index in [-0.39, 0.29) is 0 Å². The fourth-order valence-corrected chi connectivity index (χ4v) is 1.27. The summed E-state index contributed by atoms with van der Waals surface area (Å²) in [4.78, 5) is 12.4. The van der Waals surface area contributed by atoms with Crippen LogP contribution in [0.25, 0.3) is 0 Å². The summed E-state index contributed by atoms with van der Waals surface area (Å²) >= 11 is 0. The van der Waals surface area contributed by atoms with E-state index in [0.717, 1.165) is 19.2 Å². The first-order valence-electron chi connectivity index (χ1n) is 5.98. The monoisotopic (exact) mass is 245 g/mol. The average Bonchev–Trinajstić information content (AvgIpc) is 2.28. The topological polar surface area (TPSA) is 59.0 Å². The number of rotatable bonds is 11. The van der Waals surface area contributed by atoms with Crippen LogP contribution in [-0.4, -0.2) is 62.0 Å². The Morgan fingerprint density at radius 3 is 2.12 bits per heavy atom. The lowest BCUT2D eigenvalue weighted by molar-refractivity contribution is -0.131. The third-order valence-corrected chi connectivity index (χ3v) is 2.14. The highest BCUT2D eigenvalue weighted by Crippen LogP contribution is 1.91. The molecule has 0 heterocycles. The standard InChI is InChI=1S/C12H23NO4/c1-3-16-10-8-13(9-11-17-4-2)7-5-6-12(14)15/h5-6H,3-4,7-11H2,1-2H3,(H,14,15)/b6-5+. The highest BCUT2D eigenvalue weighted by atomic mass is 16.5. The number of carbonyl (C=O) groups is 1. The molecular formula is C12H23NO4. The molecule has 17 heavy (non-hydrogen) atoms. The second-order valence-corrected chi connectivity index (χ2v) is 3.44. The van der Waals surface area contributed by atoms with Crippen LogP contribution in [0.1, 0.15) is 13.8 Å². The summed E-state index contributed by atoms with van der Waals surface area (Å²) in [5, 5.41) is 8.50. The first kappa shape index (κ1) is 16.1. The first-order valence-corrected chi connectivity index (χ1v) is 5.98. The molecule has 0 unspecified atom stereocenters. The van der Waals surface area contributed by atoms with Crippen molar-refractivity contribution in [2.45, 2.75) is 13.8 Å². The number of carboxylic acids is 1. The van der Waals surface area contributed by atoms with Gasteiger partial charge in [0.15, 0.2) is 0 Å². The maximum absolute atomic E-state index is 10.3. The molecule has 0 atom stereocenters. The van der Waals surface area contributed by atoms with Crippen molar-refractivity contribution in [2.24, 2.45) is 0 Å². The zero-order valence-electron chi connectivity index (χ0n) is 10.7. The summed E-state index contributed by atoms with van der Waals surface area (Å²) in [7, 11) is 0. The maximum atomic E-state index is 10.3. The molecule has 5 heteroatoms. The summed E-state index contributed by atoms with van der Waals surface area (Å²) in [6.07, 6.45) is 2.80. The van der Waals surface area contributed by atoms with Crippen LogP contribution in [0.5, 0.6) is 0 Å².